The molecule has 2 amide bonds. The highest BCUT2D eigenvalue weighted by atomic mass is 32.1. The van der Waals surface area contributed by atoms with E-state index in [1.807, 2.05) is 11.9 Å². The van der Waals surface area contributed by atoms with Crippen LogP contribution in [0.2, 0.25) is 0 Å². The van der Waals surface area contributed by atoms with E-state index < -0.39 is 0 Å². The van der Waals surface area contributed by atoms with Crippen molar-refractivity contribution in [3.63, 3.8) is 0 Å². The van der Waals surface area contributed by atoms with E-state index in [2.05, 4.69) is 15.6 Å². The molecule has 34 heavy (non-hydrogen) atoms. The van der Waals surface area contributed by atoms with Gasteiger partial charge < -0.3 is 35.5 Å². The summed E-state index contributed by atoms with van der Waals surface area (Å²) < 4.78 is 16.2. The fraction of sp³-hybridized carbons (Fsp3) is 0.522. The minimum absolute atomic E-state index is 0.0235. The Morgan fingerprint density at radius 3 is 2.79 bits per heavy atom. The number of rotatable bonds is 12. The van der Waals surface area contributed by atoms with Gasteiger partial charge in [-0.05, 0) is 44.0 Å². The second kappa shape index (κ2) is 13.2. The van der Waals surface area contributed by atoms with Gasteiger partial charge in [0.15, 0.2) is 5.13 Å². The molecule has 0 radical (unpaired) electrons. The molecule has 1 saturated heterocycles. The number of benzene rings is 1. The number of likely N-dealkylation sites (N-methyl/N-ethyl adjacent to an activating group) is 1. The van der Waals surface area contributed by atoms with E-state index in [1.165, 1.54) is 11.3 Å². The molecule has 4 N–H and O–H groups in total. The topological polar surface area (TPSA) is 128 Å². The number of nitrogens with one attached hydrogen (secondary N) is 2. The number of thiazole rings is 1. The Kier molecular flexibility index (Phi) is 10.1. The Bertz CT molecular complexity index is 948. The molecule has 2 heterocycles. The third-order valence-corrected chi connectivity index (χ3v) is 6.29. The number of hydrogen-bond donors (Lipinski definition) is 3. The Hall–Kier alpha value is -2.73. The average Bonchev–Trinajstić information content (AvgIpc) is 3.35. The summed E-state index contributed by atoms with van der Waals surface area (Å²) >= 11 is 1.37. The highest BCUT2D eigenvalue weighted by Crippen LogP contribution is 2.25. The zero-order chi connectivity index (χ0) is 24.3. The Balaban J connectivity index is 1.75. The van der Waals surface area contributed by atoms with E-state index in [0.29, 0.717) is 68.1 Å². The van der Waals surface area contributed by atoms with E-state index in [0.717, 1.165) is 12.8 Å². The summed E-state index contributed by atoms with van der Waals surface area (Å²) in [5, 5.41) is 8.29. The molecule has 1 aromatic carbocycles. The summed E-state index contributed by atoms with van der Waals surface area (Å²) in [5.41, 5.74) is 6.54. The number of aromatic nitrogens is 1. The van der Waals surface area contributed by atoms with Crippen molar-refractivity contribution in [1.29, 1.82) is 0 Å². The SMILES string of the molecule is COCCN(C)c1nc(C(=O)Nc2ccc(OCCCN)cc2C(=O)NC2CCOCC2)cs1. The molecule has 0 saturated carbocycles. The van der Waals surface area contributed by atoms with Crippen molar-refractivity contribution in [1.82, 2.24) is 10.3 Å². The smallest absolute Gasteiger partial charge is 0.275 e. The number of carbonyl (C=O) groups excluding carboxylic acids is 2. The van der Waals surface area contributed by atoms with E-state index >= 15 is 0 Å². The van der Waals surface area contributed by atoms with Crippen molar-refractivity contribution in [2.75, 3.05) is 63.9 Å². The Morgan fingerprint density at radius 1 is 1.26 bits per heavy atom. The van der Waals surface area contributed by atoms with Gasteiger partial charge in [-0.25, -0.2) is 4.98 Å². The minimum Gasteiger partial charge on any atom is -0.494 e. The van der Waals surface area contributed by atoms with Gasteiger partial charge in [0.25, 0.3) is 11.8 Å². The predicted molar refractivity (Wildman–Crippen MR) is 132 cm³/mol. The summed E-state index contributed by atoms with van der Waals surface area (Å²) in [6.07, 6.45) is 2.20. The minimum atomic E-state index is -0.389. The molecule has 1 fully saturated rings. The first-order valence-corrected chi connectivity index (χ1v) is 12.2. The van der Waals surface area contributed by atoms with Gasteiger partial charge in [-0.3, -0.25) is 9.59 Å². The van der Waals surface area contributed by atoms with Gasteiger partial charge in [-0.2, -0.15) is 0 Å². The second-order valence-corrected chi connectivity index (χ2v) is 8.78. The maximum Gasteiger partial charge on any atom is 0.275 e. The maximum absolute atomic E-state index is 13.1. The summed E-state index contributed by atoms with van der Waals surface area (Å²) in [7, 11) is 3.53. The lowest BCUT2D eigenvalue weighted by molar-refractivity contribution is 0.0696. The van der Waals surface area contributed by atoms with Crippen LogP contribution in [0.1, 0.15) is 40.1 Å². The van der Waals surface area contributed by atoms with Crippen LogP contribution in [0.4, 0.5) is 10.8 Å². The quantitative estimate of drug-likeness (QED) is 0.385. The number of anilines is 2. The fourth-order valence-electron chi connectivity index (χ4n) is 3.34. The van der Waals surface area contributed by atoms with Gasteiger partial charge in [0.05, 0.1) is 24.5 Å². The lowest BCUT2D eigenvalue weighted by atomic mass is 10.1. The highest BCUT2D eigenvalue weighted by Gasteiger charge is 2.22. The molecule has 11 heteroatoms. The Morgan fingerprint density at radius 2 is 2.06 bits per heavy atom. The van der Waals surface area contributed by atoms with Gasteiger partial charge in [-0.15, -0.1) is 11.3 Å². The first-order valence-electron chi connectivity index (χ1n) is 11.3. The molecule has 1 aliphatic rings. The van der Waals surface area contributed by atoms with Crippen molar-refractivity contribution in [3.05, 3.63) is 34.8 Å². The molecule has 10 nitrogen and oxygen atoms in total. The average molecular weight is 492 g/mol. The molecule has 0 bridgehead atoms. The van der Waals surface area contributed by atoms with Crippen molar-refractivity contribution in [3.8, 4) is 5.75 Å². The lowest BCUT2D eigenvalue weighted by Gasteiger charge is -2.23. The summed E-state index contributed by atoms with van der Waals surface area (Å²) in [5.74, 6) is -0.122. The lowest BCUT2D eigenvalue weighted by Crippen LogP contribution is -2.39. The summed E-state index contributed by atoms with van der Waals surface area (Å²) in [4.78, 5) is 32.4. The third kappa shape index (κ3) is 7.39. The zero-order valence-corrected chi connectivity index (χ0v) is 20.5. The predicted octanol–water partition coefficient (Wildman–Crippen LogP) is 2.11. The van der Waals surface area contributed by atoms with Crippen LogP contribution in [0.15, 0.2) is 23.6 Å². The fourth-order valence-corrected chi connectivity index (χ4v) is 4.14. The molecular formula is C23H33N5O5S. The first-order chi connectivity index (χ1) is 16.5. The standard InChI is InChI=1S/C23H33N5O5S/c1-28(9-13-31-2)23-27-20(15-34-23)22(30)26-19-5-4-17(33-10-3-8-24)14-18(19)21(29)25-16-6-11-32-12-7-16/h4-5,14-16H,3,6-13,24H2,1-2H3,(H,25,29)(H,26,30). The van der Waals surface area contributed by atoms with E-state index in [9.17, 15) is 9.59 Å². The van der Waals surface area contributed by atoms with Crippen LogP contribution in [0.5, 0.6) is 5.75 Å². The number of ether oxygens (including phenoxy) is 3. The van der Waals surface area contributed by atoms with Gasteiger partial charge in [0, 0.05) is 45.3 Å². The van der Waals surface area contributed by atoms with Gasteiger partial charge >= 0.3 is 0 Å². The number of nitrogens with two attached hydrogens (primary N) is 1. The number of hydrogen-bond acceptors (Lipinski definition) is 9. The monoisotopic (exact) mass is 491 g/mol. The molecule has 2 aromatic rings. The van der Waals surface area contributed by atoms with Crippen LogP contribution in [-0.2, 0) is 9.47 Å². The molecule has 1 aromatic heterocycles. The number of nitrogens with zero attached hydrogens (tertiary/aromatic N) is 2. The molecule has 3 rings (SSSR count). The van der Waals surface area contributed by atoms with E-state index in [4.69, 9.17) is 19.9 Å². The van der Waals surface area contributed by atoms with Crippen LogP contribution in [-0.4, -0.2) is 76.5 Å². The largest absolute Gasteiger partial charge is 0.494 e. The van der Waals surface area contributed by atoms with Gasteiger partial charge in [-0.1, -0.05) is 0 Å². The summed E-state index contributed by atoms with van der Waals surface area (Å²) in [6.45, 7) is 3.41. The number of methoxy groups -OCH3 is 1. The maximum atomic E-state index is 13.1. The first kappa shape index (κ1) is 25.9. The van der Waals surface area contributed by atoms with Gasteiger partial charge in [0.1, 0.15) is 11.4 Å². The number of carbonyl (C=O) groups is 2. The van der Waals surface area contributed by atoms with E-state index in [-0.39, 0.29) is 23.6 Å². The van der Waals surface area contributed by atoms with E-state index in [1.54, 1.807) is 30.7 Å². The van der Waals surface area contributed by atoms with Crippen LogP contribution in [0.25, 0.3) is 0 Å². The zero-order valence-electron chi connectivity index (χ0n) is 19.7. The molecule has 1 aliphatic heterocycles. The van der Waals surface area contributed by atoms with Crippen LogP contribution in [0, 0.1) is 0 Å². The van der Waals surface area contributed by atoms with Gasteiger partial charge in [0.2, 0.25) is 0 Å². The van der Waals surface area contributed by atoms with Crippen LogP contribution >= 0.6 is 11.3 Å². The van der Waals surface area contributed by atoms with Crippen LogP contribution in [0.3, 0.4) is 0 Å². The molecule has 0 spiro atoms. The third-order valence-electron chi connectivity index (χ3n) is 5.34. The second-order valence-electron chi connectivity index (χ2n) is 7.94. The molecule has 0 unspecified atom stereocenters. The van der Waals surface area contributed by atoms with Crippen molar-refractivity contribution in [2.45, 2.75) is 25.3 Å². The van der Waals surface area contributed by atoms with Crippen molar-refractivity contribution >= 4 is 34.0 Å². The normalized spacial score (nSPS) is 14.0. The van der Waals surface area contributed by atoms with Crippen LogP contribution < -0.4 is 26.0 Å². The van der Waals surface area contributed by atoms with Crippen molar-refractivity contribution in [2.24, 2.45) is 5.73 Å². The molecule has 0 aliphatic carbocycles. The molecule has 0 atom stereocenters. The van der Waals surface area contributed by atoms with Crippen molar-refractivity contribution < 1.29 is 23.8 Å². The summed E-state index contributed by atoms with van der Waals surface area (Å²) in [6, 6.07) is 5.07. The number of amides is 2. The molecule has 186 valence electrons. The highest BCUT2D eigenvalue weighted by molar-refractivity contribution is 7.13. The Labute approximate surface area is 203 Å². The molecular weight excluding hydrogens is 458 g/mol.